The second-order valence-corrected chi connectivity index (χ2v) is 4.32. The van der Waals surface area contributed by atoms with Crippen LogP contribution in [-0.2, 0) is 6.42 Å². The Bertz CT molecular complexity index is 315. The zero-order valence-electron chi connectivity index (χ0n) is 10.3. The summed E-state index contributed by atoms with van der Waals surface area (Å²) in [6.45, 7) is 6.38. The number of aromatic nitrogens is 2. The minimum atomic E-state index is 0.0457. The first kappa shape index (κ1) is 12.9. The van der Waals surface area contributed by atoms with Crippen molar-refractivity contribution in [1.82, 2.24) is 9.97 Å². The average Bonchev–Trinajstić information content (AvgIpc) is 2.26. The Hall–Kier alpha value is -1.16. The summed E-state index contributed by atoms with van der Waals surface area (Å²) in [5.41, 5.74) is 1.04. The number of hydrogen-bond donors (Lipinski definition) is 2. The van der Waals surface area contributed by atoms with E-state index < -0.39 is 0 Å². The van der Waals surface area contributed by atoms with E-state index in [-0.39, 0.29) is 12.6 Å². The molecule has 0 amide bonds. The number of nitrogens with one attached hydrogen (secondary N) is 1. The fourth-order valence-corrected chi connectivity index (χ4v) is 1.48. The molecule has 1 unspecified atom stereocenters. The van der Waals surface area contributed by atoms with Gasteiger partial charge >= 0.3 is 0 Å². The molecule has 16 heavy (non-hydrogen) atoms. The molecular formula is C12H21N3O. The lowest BCUT2D eigenvalue weighted by Crippen LogP contribution is -2.29. The predicted octanol–water partition coefficient (Wildman–Crippen LogP) is 1.86. The molecule has 1 atom stereocenters. The monoisotopic (exact) mass is 223 g/mol. The highest BCUT2D eigenvalue weighted by Gasteiger charge is 2.12. The van der Waals surface area contributed by atoms with Crippen LogP contribution in [0.5, 0.6) is 0 Å². The van der Waals surface area contributed by atoms with Crippen LogP contribution in [-0.4, -0.2) is 27.7 Å². The molecule has 1 aromatic heterocycles. The topological polar surface area (TPSA) is 58.0 Å². The molecule has 0 saturated heterocycles. The van der Waals surface area contributed by atoms with Gasteiger partial charge in [0.1, 0.15) is 12.1 Å². The third kappa shape index (κ3) is 3.77. The number of aliphatic hydroxyl groups excluding tert-OH is 1. The van der Waals surface area contributed by atoms with Crippen molar-refractivity contribution in [2.24, 2.45) is 5.92 Å². The maximum absolute atomic E-state index is 9.22. The second-order valence-electron chi connectivity index (χ2n) is 4.32. The summed E-state index contributed by atoms with van der Waals surface area (Å²) in [5.74, 6) is 1.17. The van der Waals surface area contributed by atoms with E-state index in [1.165, 1.54) is 0 Å². The van der Waals surface area contributed by atoms with Crippen LogP contribution in [0.3, 0.4) is 0 Å². The number of anilines is 1. The lowest BCUT2D eigenvalue weighted by molar-refractivity contribution is 0.249. The van der Waals surface area contributed by atoms with E-state index in [0.717, 1.165) is 24.4 Å². The van der Waals surface area contributed by atoms with Crippen LogP contribution in [0.2, 0.25) is 0 Å². The van der Waals surface area contributed by atoms with Crippen LogP contribution in [0, 0.1) is 5.92 Å². The van der Waals surface area contributed by atoms with Gasteiger partial charge in [0.2, 0.25) is 0 Å². The van der Waals surface area contributed by atoms with Gasteiger partial charge < -0.3 is 10.4 Å². The van der Waals surface area contributed by atoms with Crippen molar-refractivity contribution < 1.29 is 5.11 Å². The molecule has 2 N–H and O–H groups in total. The molecular weight excluding hydrogens is 202 g/mol. The Morgan fingerprint density at radius 1 is 1.38 bits per heavy atom. The SMILES string of the molecule is CCCc1cc(NC(CO)C(C)C)ncn1. The van der Waals surface area contributed by atoms with Crippen molar-refractivity contribution >= 4 is 5.82 Å². The number of aryl methyl sites for hydroxylation is 1. The van der Waals surface area contributed by atoms with Gasteiger partial charge in [-0.2, -0.15) is 0 Å². The molecule has 0 radical (unpaired) electrons. The van der Waals surface area contributed by atoms with Gasteiger partial charge in [0.25, 0.3) is 0 Å². The van der Waals surface area contributed by atoms with Gasteiger partial charge in [0.15, 0.2) is 0 Å². The smallest absolute Gasteiger partial charge is 0.129 e. The zero-order chi connectivity index (χ0) is 12.0. The standard InChI is InChI=1S/C12H21N3O/c1-4-5-10-6-12(14-8-13-10)15-11(7-16)9(2)3/h6,8-9,11,16H,4-5,7H2,1-3H3,(H,13,14,15). The van der Waals surface area contributed by atoms with Crippen molar-refractivity contribution in [3.63, 3.8) is 0 Å². The van der Waals surface area contributed by atoms with E-state index in [1.54, 1.807) is 6.33 Å². The molecule has 0 spiro atoms. The largest absolute Gasteiger partial charge is 0.394 e. The lowest BCUT2D eigenvalue weighted by atomic mass is 10.1. The van der Waals surface area contributed by atoms with Crippen molar-refractivity contribution in [3.8, 4) is 0 Å². The molecule has 90 valence electrons. The number of hydrogen-bond acceptors (Lipinski definition) is 4. The molecule has 0 aliphatic heterocycles. The van der Waals surface area contributed by atoms with Crippen LogP contribution in [0.15, 0.2) is 12.4 Å². The summed E-state index contributed by atoms with van der Waals surface area (Å²) in [6, 6.07) is 2.00. The molecule has 4 heteroatoms. The minimum Gasteiger partial charge on any atom is -0.394 e. The molecule has 1 rings (SSSR count). The Labute approximate surface area is 97.1 Å². The molecule has 0 aliphatic carbocycles. The van der Waals surface area contributed by atoms with Gasteiger partial charge in [-0.25, -0.2) is 9.97 Å². The third-order valence-corrected chi connectivity index (χ3v) is 2.56. The Morgan fingerprint density at radius 2 is 2.12 bits per heavy atom. The summed E-state index contributed by atoms with van der Waals surface area (Å²) in [6.07, 6.45) is 3.61. The van der Waals surface area contributed by atoms with Crippen LogP contribution in [0.4, 0.5) is 5.82 Å². The molecule has 0 aromatic carbocycles. The summed E-state index contributed by atoms with van der Waals surface area (Å²) in [4.78, 5) is 8.35. The second kappa shape index (κ2) is 6.43. The predicted molar refractivity (Wildman–Crippen MR) is 65.4 cm³/mol. The summed E-state index contributed by atoms with van der Waals surface area (Å²) >= 11 is 0. The van der Waals surface area contributed by atoms with Gasteiger partial charge in [0.05, 0.1) is 12.6 Å². The quantitative estimate of drug-likeness (QED) is 0.773. The first-order valence-electron chi connectivity index (χ1n) is 5.85. The number of nitrogens with zero attached hydrogens (tertiary/aromatic N) is 2. The minimum absolute atomic E-state index is 0.0457. The van der Waals surface area contributed by atoms with Crippen molar-refractivity contribution in [2.75, 3.05) is 11.9 Å². The summed E-state index contributed by atoms with van der Waals surface area (Å²) < 4.78 is 0. The van der Waals surface area contributed by atoms with Crippen LogP contribution >= 0.6 is 0 Å². The van der Waals surface area contributed by atoms with E-state index in [0.29, 0.717) is 5.92 Å². The summed E-state index contributed by atoms with van der Waals surface area (Å²) in [7, 11) is 0. The van der Waals surface area contributed by atoms with E-state index in [9.17, 15) is 5.11 Å². The lowest BCUT2D eigenvalue weighted by Gasteiger charge is -2.20. The molecule has 0 aliphatic rings. The van der Waals surface area contributed by atoms with E-state index in [4.69, 9.17) is 0 Å². The molecule has 1 aromatic rings. The number of aliphatic hydroxyl groups is 1. The fourth-order valence-electron chi connectivity index (χ4n) is 1.48. The van der Waals surface area contributed by atoms with Crippen LogP contribution in [0.1, 0.15) is 32.9 Å². The zero-order valence-corrected chi connectivity index (χ0v) is 10.3. The Kier molecular flexibility index (Phi) is 5.19. The fraction of sp³-hybridized carbons (Fsp3) is 0.667. The highest BCUT2D eigenvalue weighted by atomic mass is 16.3. The van der Waals surface area contributed by atoms with Gasteiger partial charge in [-0.3, -0.25) is 0 Å². The summed E-state index contributed by atoms with van der Waals surface area (Å²) in [5, 5.41) is 12.5. The molecule has 4 nitrogen and oxygen atoms in total. The van der Waals surface area contributed by atoms with Crippen LogP contribution < -0.4 is 5.32 Å². The van der Waals surface area contributed by atoms with E-state index in [2.05, 4.69) is 36.1 Å². The van der Waals surface area contributed by atoms with Crippen molar-refractivity contribution in [2.45, 2.75) is 39.7 Å². The molecule has 0 bridgehead atoms. The first-order valence-corrected chi connectivity index (χ1v) is 5.85. The van der Waals surface area contributed by atoms with Crippen molar-refractivity contribution in [3.05, 3.63) is 18.1 Å². The van der Waals surface area contributed by atoms with Crippen molar-refractivity contribution in [1.29, 1.82) is 0 Å². The highest BCUT2D eigenvalue weighted by Crippen LogP contribution is 2.11. The van der Waals surface area contributed by atoms with Gasteiger partial charge in [-0.1, -0.05) is 27.2 Å². The molecule has 1 heterocycles. The van der Waals surface area contributed by atoms with E-state index in [1.807, 2.05) is 6.07 Å². The maximum Gasteiger partial charge on any atom is 0.129 e. The normalized spacial score (nSPS) is 12.8. The first-order chi connectivity index (χ1) is 7.67. The maximum atomic E-state index is 9.22. The highest BCUT2D eigenvalue weighted by molar-refractivity contribution is 5.36. The molecule has 0 fully saturated rings. The Morgan fingerprint density at radius 3 is 2.69 bits per heavy atom. The Balaban J connectivity index is 2.68. The van der Waals surface area contributed by atoms with Gasteiger partial charge in [0, 0.05) is 11.8 Å². The average molecular weight is 223 g/mol. The van der Waals surface area contributed by atoms with Gasteiger partial charge in [-0.15, -0.1) is 0 Å². The van der Waals surface area contributed by atoms with E-state index >= 15 is 0 Å². The third-order valence-electron chi connectivity index (χ3n) is 2.56. The molecule has 0 saturated carbocycles. The number of rotatable bonds is 6. The van der Waals surface area contributed by atoms with Crippen LogP contribution in [0.25, 0.3) is 0 Å². The van der Waals surface area contributed by atoms with Gasteiger partial charge in [-0.05, 0) is 12.3 Å².